The first kappa shape index (κ1) is 30.9. The van der Waals surface area contributed by atoms with Gasteiger partial charge in [0.25, 0.3) is 0 Å². The molecule has 210 valence electrons. The van der Waals surface area contributed by atoms with Gasteiger partial charge in [-0.2, -0.15) is 0 Å². The highest BCUT2D eigenvalue weighted by molar-refractivity contribution is 5.86. The first-order valence-electron chi connectivity index (χ1n) is 12.2. The highest BCUT2D eigenvalue weighted by Gasteiger charge is 2.41. The number of carbonyl (C=O) groups is 3. The summed E-state index contributed by atoms with van der Waals surface area (Å²) in [5.41, 5.74) is -2.31. The summed E-state index contributed by atoms with van der Waals surface area (Å²) >= 11 is 0. The SMILES string of the molecule is [C-]#[N+]c1ccc(CNC(=O)[C@@H]2CCCN(C(=O)[C@H](CC(=O)OC(C)(C)C)C(C)(C)O)C2)c(OC(F)(F)F)c1. The van der Waals surface area contributed by atoms with Crippen LogP contribution in [0.3, 0.4) is 0 Å². The summed E-state index contributed by atoms with van der Waals surface area (Å²) in [6.45, 7) is 15.0. The maximum absolute atomic E-state index is 13.3. The van der Waals surface area contributed by atoms with Crippen LogP contribution in [0.5, 0.6) is 5.75 Å². The Morgan fingerprint density at radius 1 is 1.21 bits per heavy atom. The lowest BCUT2D eigenvalue weighted by atomic mass is 9.85. The van der Waals surface area contributed by atoms with Crippen LogP contribution in [0.2, 0.25) is 0 Å². The van der Waals surface area contributed by atoms with E-state index in [0.717, 1.165) is 6.07 Å². The van der Waals surface area contributed by atoms with Crippen LogP contribution in [0.15, 0.2) is 18.2 Å². The lowest BCUT2D eigenvalue weighted by Gasteiger charge is -2.37. The van der Waals surface area contributed by atoms with Crippen molar-refractivity contribution in [2.45, 2.75) is 78.0 Å². The lowest BCUT2D eigenvalue weighted by Crippen LogP contribution is -2.51. The predicted octanol–water partition coefficient (Wildman–Crippen LogP) is 4.11. The van der Waals surface area contributed by atoms with Gasteiger partial charge in [-0.15, -0.1) is 13.2 Å². The summed E-state index contributed by atoms with van der Waals surface area (Å²) in [5, 5.41) is 13.2. The van der Waals surface area contributed by atoms with Gasteiger partial charge in [-0.25, -0.2) is 4.85 Å². The van der Waals surface area contributed by atoms with E-state index in [4.69, 9.17) is 11.3 Å². The number of carbonyl (C=O) groups excluding carboxylic acids is 3. The second-order valence-electron chi connectivity index (χ2n) is 10.8. The van der Waals surface area contributed by atoms with E-state index >= 15 is 0 Å². The Balaban J connectivity index is 2.09. The van der Waals surface area contributed by atoms with Crippen molar-refractivity contribution in [2.24, 2.45) is 11.8 Å². The van der Waals surface area contributed by atoms with E-state index in [0.29, 0.717) is 19.4 Å². The van der Waals surface area contributed by atoms with Gasteiger partial charge in [-0.3, -0.25) is 14.4 Å². The number of nitrogens with one attached hydrogen (secondary N) is 1. The zero-order chi connectivity index (χ0) is 28.9. The molecule has 9 nitrogen and oxygen atoms in total. The van der Waals surface area contributed by atoms with Gasteiger partial charge in [0.1, 0.15) is 11.4 Å². The minimum Gasteiger partial charge on any atom is -0.460 e. The molecule has 2 amide bonds. The molecule has 0 radical (unpaired) electrons. The van der Waals surface area contributed by atoms with Crippen molar-refractivity contribution in [3.63, 3.8) is 0 Å². The number of alkyl halides is 3. The van der Waals surface area contributed by atoms with Crippen molar-refractivity contribution in [2.75, 3.05) is 13.1 Å². The number of amides is 2. The highest BCUT2D eigenvalue weighted by atomic mass is 19.4. The fraction of sp³-hybridized carbons (Fsp3) is 0.615. The number of hydrogen-bond acceptors (Lipinski definition) is 6. The number of likely N-dealkylation sites (tertiary alicyclic amines) is 1. The van der Waals surface area contributed by atoms with Crippen LogP contribution >= 0.6 is 0 Å². The molecule has 0 unspecified atom stereocenters. The number of ether oxygens (including phenoxy) is 2. The molecule has 0 spiro atoms. The van der Waals surface area contributed by atoms with Crippen molar-refractivity contribution >= 4 is 23.5 Å². The second kappa shape index (κ2) is 12.0. The summed E-state index contributed by atoms with van der Waals surface area (Å²) < 4.78 is 47.7. The molecule has 1 heterocycles. The fourth-order valence-electron chi connectivity index (χ4n) is 4.11. The third-order valence-electron chi connectivity index (χ3n) is 5.90. The zero-order valence-electron chi connectivity index (χ0n) is 22.1. The van der Waals surface area contributed by atoms with E-state index in [9.17, 15) is 32.7 Å². The van der Waals surface area contributed by atoms with E-state index in [-0.39, 0.29) is 30.8 Å². The van der Waals surface area contributed by atoms with Crippen molar-refractivity contribution in [3.05, 3.63) is 35.2 Å². The molecular formula is C26H34F3N3O6. The van der Waals surface area contributed by atoms with Crippen molar-refractivity contribution in [3.8, 4) is 5.75 Å². The van der Waals surface area contributed by atoms with Gasteiger partial charge in [0.05, 0.1) is 30.4 Å². The van der Waals surface area contributed by atoms with Gasteiger partial charge >= 0.3 is 12.3 Å². The summed E-state index contributed by atoms with van der Waals surface area (Å²) in [6.07, 6.45) is -4.38. The lowest BCUT2D eigenvalue weighted by molar-refractivity contribution is -0.274. The molecule has 0 bridgehead atoms. The number of halogens is 3. The molecule has 1 fully saturated rings. The highest BCUT2D eigenvalue weighted by Crippen LogP contribution is 2.31. The van der Waals surface area contributed by atoms with Gasteiger partial charge in [-0.05, 0) is 53.5 Å². The standard InChI is InChI=1S/C26H34F3N3O6/c1-24(2,3)38-21(33)13-19(25(4,5)36)23(35)32-11-7-8-17(15-32)22(34)31-14-16-9-10-18(30-6)12-20(16)37-26(27,28)29/h9-10,12,17,19,36H,7-8,11,13-15H2,1-5H3,(H,31,34)/t17-,19+/m1/s1. The summed E-state index contributed by atoms with van der Waals surface area (Å²) in [7, 11) is 0. The molecule has 1 aromatic rings. The first-order valence-corrected chi connectivity index (χ1v) is 12.2. The number of piperidine rings is 1. The molecule has 2 N–H and O–H groups in total. The summed E-state index contributed by atoms with van der Waals surface area (Å²) in [6, 6.07) is 3.54. The van der Waals surface area contributed by atoms with Crippen LogP contribution in [0.4, 0.5) is 18.9 Å². The smallest absolute Gasteiger partial charge is 0.460 e. The molecule has 1 aliphatic rings. The van der Waals surface area contributed by atoms with Crippen LogP contribution in [0.1, 0.15) is 59.4 Å². The van der Waals surface area contributed by atoms with Crippen LogP contribution in [0.25, 0.3) is 4.85 Å². The van der Waals surface area contributed by atoms with E-state index in [1.54, 1.807) is 20.8 Å². The molecule has 0 saturated carbocycles. The molecule has 0 aliphatic carbocycles. The fourth-order valence-corrected chi connectivity index (χ4v) is 4.11. The second-order valence-corrected chi connectivity index (χ2v) is 10.8. The minimum atomic E-state index is -4.97. The number of esters is 1. The van der Waals surface area contributed by atoms with Gasteiger partial charge < -0.3 is 24.8 Å². The number of nitrogens with zero attached hydrogens (tertiary/aromatic N) is 2. The van der Waals surface area contributed by atoms with Crippen molar-refractivity contribution in [1.82, 2.24) is 10.2 Å². The summed E-state index contributed by atoms with van der Waals surface area (Å²) in [5.74, 6) is -3.92. The Bertz CT molecular complexity index is 1070. The van der Waals surface area contributed by atoms with Crippen LogP contribution in [-0.4, -0.2) is 58.4 Å². The first-order chi connectivity index (χ1) is 17.4. The maximum Gasteiger partial charge on any atom is 0.573 e. The Labute approximate surface area is 220 Å². The van der Waals surface area contributed by atoms with E-state index < -0.39 is 52.9 Å². The normalized spacial score (nSPS) is 17.3. The number of rotatable bonds is 8. The maximum atomic E-state index is 13.3. The van der Waals surface area contributed by atoms with Gasteiger partial charge in [0.2, 0.25) is 11.8 Å². The van der Waals surface area contributed by atoms with Crippen molar-refractivity contribution < 1.29 is 42.1 Å². The third-order valence-corrected chi connectivity index (χ3v) is 5.90. The molecule has 12 heteroatoms. The van der Waals surface area contributed by atoms with Crippen LogP contribution in [-0.2, 0) is 25.7 Å². The quantitative estimate of drug-likeness (QED) is 0.379. The van der Waals surface area contributed by atoms with Crippen molar-refractivity contribution in [1.29, 1.82) is 0 Å². The van der Waals surface area contributed by atoms with Gasteiger partial charge in [0.15, 0.2) is 5.69 Å². The number of benzene rings is 1. The average Bonchev–Trinajstić information content (AvgIpc) is 2.78. The van der Waals surface area contributed by atoms with Gasteiger partial charge in [-0.1, -0.05) is 12.1 Å². The molecule has 2 rings (SSSR count). The Kier molecular flexibility index (Phi) is 9.77. The van der Waals surface area contributed by atoms with E-state index in [1.165, 1.54) is 30.9 Å². The minimum absolute atomic E-state index is 0.0220. The predicted molar refractivity (Wildman–Crippen MR) is 131 cm³/mol. The Hall–Kier alpha value is -3.33. The van der Waals surface area contributed by atoms with Gasteiger partial charge in [0, 0.05) is 25.2 Å². The number of hydrogen-bond donors (Lipinski definition) is 2. The zero-order valence-corrected chi connectivity index (χ0v) is 22.1. The number of aliphatic hydroxyl groups is 1. The monoisotopic (exact) mass is 541 g/mol. The molecule has 1 aliphatic heterocycles. The average molecular weight is 542 g/mol. The van der Waals surface area contributed by atoms with E-state index in [2.05, 4.69) is 14.9 Å². The molecule has 1 saturated heterocycles. The van der Waals surface area contributed by atoms with E-state index in [1.807, 2.05) is 0 Å². The topological polar surface area (TPSA) is 110 Å². The molecule has 1 aromatic carbocycles. The molecule has 38 heavy (non-hydrogen) atoms. The summed E-state index contributed by atoms with van der Waals surface area (Å²) in [4.78, 5) is 43.1. The van der Waals surface area contributed by atoms with Crippen LogP contribution in [0, 0.1) is 18.4 Å². The van der Waals surface area contributed by atoms with Crippen LogP contribution < -0.4 is 10.1 Å². The third kappa shape index (κ3) is 9.52. The molecular weight excluding hydrogens is 507 g/mol. The molecule has 2 atom stereocenters. The Morgan fingerprint density at radius 2 is 1.87 bits per heavy atom. The molecule has 0 aromatic heterocycles. The Morgan fingerprint density at radius 3 is 2.42 bits per heavy atom. The largest absolute Gasteiger partial charge is 0.573 e.